The summed E-state index contributed by atoms with van der Waals surface area (Å²) in [4.78, 5) is 0. The third-order valence-corrected chi connectivity index (χ3v) is 2.69. The molecule has 0 amide bonds. The molecule has 0 radical (unpaired) electrons. The summed E-state index contributed by atoms with van der Waals surface area (Å²) in [6.45, 7) is 0.307. The number of aliphatic hydroxyl groups excluding tert-OH is 1. The Kier molecular flexibility index (Phi) is 4.31. The fraction of sp³-hybridized carbons (Fsp3) is 0.200. The first-order chi connectivity index (χ1) is 8.79. The maximum absolute atomic E-state index is 13.1. The van der Waals surface area contributed by atoms with E-state index in [2.05, 4.69) is 0 Å². The summed E-state index contributed by atoms with van der Waals surface area (Å²) >= 11 is 0. The van der Waals surface area contributed by atoms with E-state index in [1.165, 1.54) is 23.8 Å². The van der Waals surface area contributed by atoms with Crippen molar-refractivity contribution in [2.24, 2.45) is 0 Å². The maximum Gasteiger partial charge on any atom is 0.127 e. The zero-order valence-corrected chi connectivity index (χ0v) is 9.97. The van der Waals surface area contributed by atoms with Crippen molar-refractivity contribution >= 4 is 0 Å². The van der Waals surface area contributed by atoms with E-state index in [9.17, 15) is 4.39 Å². The molecule has 2 nitrogen and oxygen atoms in total. The Balaban J connectivity index is 1.96. The van der Waals surface area contributed by atoms with Crippen LogP contribution in [0, 0.1) is 5.82 Å². The highest BCUT2D eigenvalue weighted by Gasteiger charge is 2.04. The number of hydrogen-bond acceptors (Lipinski definition) is 2. The fourth-order valence-electron chi connectivity index (χ4n) is 1.72. The third kappa shape index (κ3) is 3.31. The maximum atomic E-state index is 13.1. The van der Waals surface area contributed by atoms with Crippen LogP contribution in [0.15, 0.2) is 48.5 Å². The fourth-order valence-corrected chi connectivity index (χ4v) is 1.72. The van der Waals surface area contributed by atoms with Crippen LogP contribution in [0.5, 0.6) is 5.75 Å². The first kappa shape index (κ1) is 12.6. The third-order valence-electron chi connectivity index (χ3n) is 2.69. The highest BCUT2D eigenvalue weighted by molar-refractivity contribution is 5.33. The van der Waals surface area contributed by atoms with Crippen LogP contribution in [-0.4, -0.2) is 11.7 Å². The van der Waals surface area contributed by atoms with Crippen molar-refractivity contribution in [2.75, 3.05) is 6.61 Å². The molecule has 0 aliphatic carbocycles. The van der Waals surface area contributed by atoms with Crippen molar-refractivity contribution < 1.29 is 14.2 Å². The summed E-state index contributed by atoms with van der Waals surface area (Å²) < 4.78 is 18.6. The van der Waals surface area contributed by atoms with E-state index < -0.39 is 0 Å². The minimum absolute atomic E-state index is 0.152. The van der Waals surface area contributed by atoms with Gasteiger partial charge in [-0.3, -0.25) is 0 Å². The van der Waals surface area contributed by atoms with Gasteiger partial charge in [0, 0.05) is 18.1 Å². The quantitative estimate of drug-likeness (QED) is 0.879. The Labute approximate surface area is 106 Å². The van der Waals surface area contributed by atoms with Crippen LogP contribution in [0.2, 0.25) is 0 Å². The lowest BCUT2D eigenvalue weighted by atomic mass is 10.1. The number of ether oxygens (including phenoxy) is 1. The Morgan fingerprint density at radius 3 is 2.56 bits per heavy atom. The van der Waals surface area contributed by atoms with Crippen molar-refractivity contribution in [1.82, 2.24) is 0 Å². The zero-order chi connectivity index (χ0) is 12.8. The average molecular weight is 246 g/mol. The molecule has 0 fully saturated rings. The first-order valence-electron chi connectivity index (χ1n) is 5.85. The molecule has 0 aromatic heterocycles. The van der Waals surface area contributed by atoms with Crippen LogP contribution in [0.25, 0.3) is 0 Å². The van der Waals surface area contributed by atoms with Gasteiger partial charge < -0.3 is 9.84 Å². The van der Waals surface area contributed by atoms with E-state index in [0.29, 0.717) is 17.9 Å². The van der Waals surface area contributed by atoms with Gasteiger partial charge in [0.25, 0.3) is 0 Å². The van der Waals surface area contributed by atoms with Crippen molar-refractivity contribution in [3.05, 3.63) is 65.5 Å². The lowest BCUT2D eigenvalue weighted by molar-refractivity contribution is 0.263. The highest BCUT2D eigenvalue weighted by Crippen LogP contribution is 2.20. The molecule has 2 rings (SSSR count). The van der Waals surface area contributed by atoms with E-state index in [1.807, 2.05) is 30.3 Å². The molecule has 0 saturated carbocycles. The molecule has 1 N–H and O–H groups in total. The molecule has 18 heavy (non-hydrogen) atoms. The Morgan fingerprint density at radius 2 is 1.83 bits per heavy atom. The highest BCUT2D eigenvalue weighted by atomic mass is 19.1. The molecular formula is C15H15FO2. The molecule has 0 atom stereocenters. The van der Waals surface area contributed by atoms with Gasteiger partial charge in [0.05, 0.1) is 13.2 Å². The van der Waals surface area contributed by atoms with Gasteiger partial charge in [0.15, 0.2) is 0 Å². The molecular weight excluding hydrogens is 231 g/mol. The minimum Gasteiger partial charge on any atom is -0.493 e. The predicted octanol–water partition coefficient (Wildman–Crippen LogP) is 2.94. The average Bonchev–Trinajstić information content (AvgIpc) is 2.40. The van der Waals surface area contributed by atoms with E-state index in [0.717, 1.165) is 6.42 Å². The summed E-state index contributed by atoms with van der Waals surface area (Å²) in [6, 6.07) is 14.1. The van der Waals surface area contributed by atoms with Crippen molar-refractivity contribution in [2.45, 2.75) is 13.0 Å². The standard InChI is InChI=1S/C15H15FO2/c16-14-7-6-13(11-17)15(10-14)18-9-8-12-4-2-1-3-5-12/h1-7,10,17H,8-9,11H2. The van der Waals surface area contributed by atoms with E-state index >= 15 is 0 Å². The molecule has 0 heterocycles. The molecule has 0 bridgehead atoms. The number of benzene rings is 2. The van der Waals surface area contributed by atoms with Gasteiger partial charge in [-0.15, -0.1) is 0 Å². The normalized spacial score (nSPS) is 10.3. The van der Waals surface area contributed by atoms with Crippen LogP contribution >= 0.6 is 0 Å². The molecule has 0 unspecified atom stereocenters. The summed E-state index contributed by atoms with van der Waals surface area (Å²) in [5, 5.41) is 9.12. The Morgan fingerprint density at radius 1 is 1.06 bits per heavy atom. The SMILES string of the molecule is OCc1ccc(F)cc1OCCc1ccccc1. The zero-order valence-electron chi connectivity index (χ0n) is 9.97. The summed E-state index contributed by atoms with van der Waals surface area (Å²) in [7, 11) is 0. The Hall–Kier alpha value is -1.87. The summed E-state index contributed by atoms with van der Waals surface area (Å²) in [5.41, 5.74) is 1.77. The van der Waals surface area contributed by atoms with Gasteiger partial charge in [-0.05, 0) is 11.6 Å². The van der Waals surface area contributed by atoms with Crippen molar-refractivity contribution in [1.29, 1.82) is 0 Å². The van der Waals surface area contributed by atoms with Gasteiger partial charge in [-0.2, -0.15) is 0 Å². The molecule has 0 aliphatic rings. The topological polar surface area (TPSA) is 29.5 Å². The van der Waals surface area contributed by atoms with Gasteiger partial charge in [0.1, 0.15) is 11.6 Å². The van der Waals surface area contributed by atoms with E-state index in [-0.39, 0.29) is 12.4 Å². The molecule has 0 saturated heterocycles. The molecule has 2 aromatic rings. The molecule has 3 heteroatoms. The van der Waals surface area contributed by atoms with Crippen molar-refractivity contribution in [3.8, 4) is 5.75 Å². The van der Waals surface area contributed by atoms with Crippen LogP contribution in [0.3, 0.4) is 0 Å². The smallest absolute Gasteiger partial charge is 0.127 e. The second kappa shape index (κ2) is 6.17. The van der Waals surface area contributed by atoms with Crippen LogP contribution in [-0.2, 0) is 13.0 Å². The van der Waals surface area contributed by atoms with Crippen LogP contribution in [0.4, 0.5) is 4.39 Å². The monoisotopic (exact) mass is 246 g/mol. The first-order valence-corrected chi connectivity index (χ1v) is 5.85. The summed E-state index contributed by atoms with van der Waals surface area (Å²) in [5.74, 6) is 0.0512. The minimum atomic E-state index is -0.359. The molecule has 0 aliphatic heterocycles. The lowest BCUT2D eigenvalue weighted by Gasteiger charge is -2.10. The van der Waals surface area contributed by atoms with Gasteiger partial charge in [-0.25, -0.2) is 4.39 Å². The van der Waals surface area contributed by atoms with Gasteiger partial charge in [-0.1, -0.05) is 36.4 Å². The van der Waals surface area contributed by atoms with Gasteiger partial charge >= 0.3 is 0 Å². The number of hydrogen-bond donors (Lipinski definition) is 1. The van der Waals surface area contributed by atoms with Crippen molar-refractivity contribution in [3.63, 3.8) is 0 Å². The number of aliphatic hydroxyl groups is 1. The lowest BCUT2D eigenvalue weighted by Crippen LogP contribution is -2.03. The van der Waals surface area contributed by atoms with E-state index in [4.69, 9.17) is 9.84 Å². The van der Waals surface area contributed by atoms with Crippen LogP contribution in [0.1, 0.15) is 11.1 Å². The number of rotatable bonds is 5. The molecule has 94 valence electrons. The summed E-state index contributed by atoms with van der Waals surface area (Å²) in [6.07, 6.45) is 0.752. The molecule has 0 spiro atoms. The second-order valence-electron chi connectivity index (χ2n) is 3.99. The second-order valence-corrected chi connectivity index (χ2v) is 3.99. The van der Waals surface area contributed by atoms with Gasteiger partial charge in [0.2, 0.25) is 0 Å². The molecule has 2 aromatic carbocycles. The number of halogens is 1. The Bertz CT molecular complexity index is 497. The van der Waals surface area contributed by atoms with Crippen LogP contribution < -0.4 is 4.74 Å². The predicted molar refractivity (Wildman–Crippen MR) is 68.0 cm³/mol. The largest absolute Gasteiger partial charge is 0.493 e. The van der Waals surface area contributed by atoms with E-state index in [1.54, 1.807) is 0 Å².